The molecule has 1 aromatic heterocycles. The molecule has 0 spiro atoms. The maximum Gasteiger partial charge on any atom is 0.327 e. The Morgan fingerprint density at radius 1 is 1.24 bits per heavy atom. The maximum atomic E-state index is 13.7. The summed E-state index contributed by atoms with van der Waals surface area (Å²) in [4.78, 5) is 47.4. The summed E-state index contributed by atoms with van der Waals surface area (Å²) in [6, 6.07) is 4.60. The number of carboxylic acid groups (broad SMARTS) is 1. The molecule has 3 aliphatic rings. The van der Waals surface area contributed by atoms with Crippen LogP contribution in [0.15, 0.2) is 24.4 Å². The fourth-order valence-corrected chi connectivity index (χ4v) is 9.20. The van der Waals surface area contributed by atoms with Crippen LogP contribution in [0, 0.1) is 0 Å². The molecule has 158 valence electrons. The Kier molecular flexibility index (Phi) is 4.73. The fraction of sp³-hybridized carbons (Fsp3) is 0.579. The van der Waals surface area contributed by atoms with Crippen LogP contribution in [0.1, 0.15) is 20.3 Å². The Hall–Kier alpha value is -2.33. The molecule has 10 heteroatoms. The van der Waals surface area contributed by atoms with E-state index in [0.29, 0.717) is 26.2 Å². The molecule has 3 fully saturated rings. The zero-order valence-electron chi connectivity index (χ0n) is 16.5. The third-order valence-corrected chi connectivity index (χ3v) is 11.3. The number of nitrogens with zero attached hydrogens (tertiary/aromatic N) is 4. The number of fused-ring (bicyclic) bond motifs is 1. The topological polar surface area (TPSA) is 114 Å². The second kappa shape index (κ2) is 6.88. The zero-order valence-corrected chi connectivity index (χ0v) is 17.3. The van der Waals surface area contributed by atoms with E-state index in [9.17, 15) is 24.6 Å². The first-order valence-electron chi connectivity index (χ1n) is 9.65. The molecule has 4 heterocycles. The maximum absolute atomic E-state index is 13.7. The fourth-order valence-electron chi connectivity index (χ4n) is 4.89. The number of amides is 2. The second-order valence-electron chi connectivity index (χ2n) is 8.15. The molecular formula is C19H26N4O5S. The molecule has 29 heavy (non-hydrogen) atoms. The number of rotatable bonds is 3. The Balaban J connectivity index is 1.59. The number of piperazine rings is 1. The highest BCUT2D eigenvalue weighted by atomic mass is 32.3. The van der Waals surface area contributed by atoms with Crippen molar-refractivity contribution in [1.82, 2.24) is 14.8 Å². The van der Waals surface area contributed by atoms with Crippen molar-refractivity contribution in [3.05, 3.63) is 24.4 Å². The molecule has 0 bridgehead atoms. The minimum Gasteiger partial charge on any atom is -0.480 e. The van der Waals surface area contributed by atoms with Crippen molar-refractivity contribution in [2.24, 2.45) is 0 Å². The van der Waals surface area contributed by atoms with Gasteiger partial charge in [0.2, 0.25) is 5.91 Å². The highest BCUT2D eigenvalue weighted by Crippen LogP contribution is 2.74. The number of aliphatic carboxylic acids is 1. The molecule has 3 aliphatic heterocycles. The number of aromatic nitrogens is 1. The number of carbonyl (C=O) groups excluding carboxylic acids is 2. The summed E-state index contributed by atoms with van der Waals surface area (Å²) in [5.74, 6) is -0.932. The number of β-lactam (4-membered cyclic amide) rings is 1. The summed E-state index contributed by atoms with van der Waals surface area (Å²) in [7, 11) is -2.47. The number of anilines is 1. The average Bonchev–Trinajstić information content (AvgIpc) is 2.88. The quantitative estimate of drug-likeness (QED) is 0.695. The standard InChI is InChI=1S/C19H26N4O5S/c1-19(2)16(17(26)27)23-14(25)11-15(23)29(19,12-24)18(28)22-9-7-21(8-10-22)13-5-3-4-6-20-13/h3-6,15-16,24H,7-12H2,1-2H3,(H,26,27)/t15-,16+/m1/s1. The molecule has 1 unspecified atom stereocenters. The van der Waals surface area contributed by atoms with Crippen molar-refractivity contribution in [3.63, 3.8) is 0 Å². The van der Waals surface area contributed by atoms with Crippen LogP contribution in [0.25, 0.3) is 0 Å². The van der Waals surface area contributed by atoms with Crippen LogP contribution in [0.3, 0.4) is 0 Å². The Labute approximate surface area is 170 Å². The Bertz CT molecular complexity index is 842. The number of hydrogen-bond donors (Lipinski definition) is 2. The summed E-state index contributed by atoms with van der Waals surface area (Å²) in [5.41, 5.74) is 0. The Morgan fingerprint density at radius 2 is 1.93 bits per heavy atom. The van der Waals surface area contributed by atoms with Crippen LogP contribution in [0.2, 0.25) is 0 Å². The van der Waals surface area contributed by atoms with Gasteiger partial charge < -0.3 is 24.9 Å². The number of aliphatic hydroxyl groups excluding tert-OH is 1. The molecule has 0 radical (unpaired) electrons. The van der Waals surface area contributed by atoms with Crippen molar-refractivity contribution in [3.8, 4) is 0 Å². The predicted octanol–water partition coefficient (Wildman–Crippen LogP) is 0.882. The van der Waals surface area contributed by atoms with Gasteiger partial charge in [-0.3, -0.25) is 9.59 Å². The van der Waals surface area contributed by atoms with Gasteiger partial charge in [0.1, 0.15) is 11.9 Å². The summed E-state index contributed by atoms with van der Waals surface area (Å²) in [6.07, 6.45) is 1.86. The summed E-state index contributed by atoms with van der Waals surface area (Å²) < 4.78 is -1.01. The minimum absolute atomic E-state index is 0.128. The van der Waals surface area contributed by atoms with Crippen molar-refractivity contribution in [2.75, 3.05) is 37.0 Å². The van der Waals surface area contributed by atoms with Gasteiger partial charge in [0.15, 0.2) is 0 Å². The van der Waals surface area contributed by atoms with E-state index in [2.05, 4.69) is 9.88 Å². The number of carboxylic acids is 1. The predicted molar refractivity (Wildman–Crippen MR) is 109 cm³/mol. The van der Waals surface area contributed by atoms with Crippen LogP contribution in [-0.4, -0.2) is 90.4 Å². The van der Waals surface area contributed by atoms with E-state index in [1.807, 2.05) is 18.2 Å². The van der Waals surface area contributed by atoms with Gasteiger partial charge in [0, 0.05) is 37.1 Å². The van der Waals surface area contributed by atoms with Gasteiger partial charge in [-0.1, -0.05) is 6.07 Å². The number of hydrogen-bond acceptors (Lipinski definition) is 6. The van der Waals surface area contributed by atoms with Crippen molar-refractivity contribution in [2.45, 2.75) is 36.4 Å². The molecule has 4 rings (SSSR count). The lowest BCUT2D eigenvalue weighted by atomic mass is 9.98. The van der Waals surface area contributed by atoms with E-state index in [0.717, 1.165) is 5.82 Å². The molecular weight excluding hydrogens is 396 g/mol. The lowest BCUT2D eigenvalue weighted by Gasteiger charge is -2.52. The minimum atomic E-state index is -2.47. The Morgan fingerprint density at radius 3 is 2.41 bits per heavy atom. The van der Waals surface area contributed by atoms with Crippen LogP contribution in [0.5, 0.6) is 0 Å². The van der Waals surface area contributed by atoms with E-state index in [1.54, 1.807) is 24.9 Å². The van der Waals surface area contributed by atoms with E-state index in [1.165, 1.54) is 4.90 Å². The van der Waals surface area contributed by atoms with Gasteiger partial charge >= 0.3 is 5.97 Å². The smallest absolute Gasteiger partial charge is 0.327 e. The van der Waals surface area contributed by atoms with E-state index in [-0.39, 0.29) is 17.6 Å². The van der Waals surface area contributed by atoms with Gasteiger partial charge in [0.05, 0.1) is 17.7 Å². The second-order valence-corrected chi connectivity index (χ2v) is 11.9. The van der Waals surface area contributed by atoms with Gasteiger partial charge in [-0.15, -0.1) is 10.0 Å². The van der Waals surface area contributed by atoms with Crippen LogP contribution >= 0.6 is 10.0 Å². The molecule has 0 aromatic carbocycles. The molecule has 2 N–H and O–H groups in total. The lowest BCUT2D eigenvalue weighted by molar-refractivity contribution is -0.157. The third-order valence-electron chi connectivity index (χ3n) is 6.55. The first-order chi connectivity index (χ1) is 13.8. The van der Waals surface area contributed by atoms with Crippen molar-refractivity contribution >= 4 is 33.0 Å². The average molecular weight is 423 g/mol. The summed E-state index contributed by atoms with van der Waals surface area (Å²) in [5, 5.41) is 19.5. The highest BCUT2D eigenvalue weighted by Gasteiger charge is 2.72. The molecule has 1 aromatic rings. The van der Waals surface area contributed by atoms with E-state index in [4.69, 9.17) is 0 Å². The summed E-state index contributed by atoms with van der Waals surface area (Å²) in [6.45, 7) is 5.59. The van der Waals surface area contributed by atoms with Gasteiger partial charge in [0.25, 0.3) is 5.24 Å². The summed E-state index contributed by atoms with van der Waals surface area (Å²) >= 11 is 0. The third kappa shape index (κ3) is 2.65. The highest BCUT2D eigenvalue weighted by molar-refractivity contribution is 8.46. The van der Waals surface area contributed by atoms with E-state index < -0.39 is 38.1 Å². The van der Waals surface area contributed by atoms with Gasteiger partial charge in [-0.2, -0.15) is 0 Å². The number of aliphatic hydroxyl groups is 1. The SMILES string of the molecule is CC1(C)[C@H](C(=O)O)N2C(=O)C[C@H]2S1(CO)C(=O)N1CCN(c2ccccn2)CC1. The molecule has 0 aliphatic carbocycles. The van der Waals surface area contributed by atoms with Crippen LogP contribution in [0.4, 0.5) is 10.6 Å². The molecule has 0 saturated carbocycles. The molecule has 3 atom stereocenters. The first-order valence-corrected chi connectivity index (χ1v) is 11.5. The van der Waals surface area contributed by atoms with Crippen LogP contribution in [-0.2, 0) is 9.59 Å². The van der Waals surface area contributed by atoms with Crippen LogP contribution < -0.4 is 4.90 Å². The molecule has 9 nitrogen and oxygen atoms in total. The van der Waals surface area contributed by atoms with Gasteiger partial charge in [-0.05, 0) is 26.0 Å². The van der Waals surface area contributed by atoms with Crippen molar-refractivity contribution in [1.29, 1.82) is 0 Å². The lowest BCUT2D eigenvalue weighted by Crippen LogP contribution is -2.57. The van der Waals surface area contributed by atoms with E-state index >= 15 is 0 Å². The normalized spacial score (nSPS) is 32.9. The first kappa shape index (κ1) is 20.0. The van der Waals surface area contributed by atoms with Crippen molar-refractivity contribution < 1.29 is 24.6 Å². The number of pyridine rings is 1. The van der Waals surface area contributed by atoms with Gasteiger partial charge in [-0.25, -0.2) is 9.78 Å². The largest absolute Gasteiger partial charge is 0.480 e. The number of carbonyl (C=O) groups is 3. The zero-order chi connectivity index (χ0) is 21.0. The molecule has 2 amide bonds. The monoisotopic (exact) mass is 422 g/mol. The molecule has 3 saturated heterocycles.